The van der Waals surface area contributed by atoms with Crippen molar-refractivity contribution in [2.75, 3.05) is 0 Å². The Morgan fingerprint density at radius 2 is 2.50 bits per heavy atom. The van der Waals surface area contributed by atoms with Gasteiger partial charge in [-0.25, -0.2) is 4.98 Å². The van der Waals surface area contributed by atoms with Crippen LogP contribution in [-0.4, -0.2) is 9.55 Å². The zero-order valence-corrected chi connectivity index (χ0v) is 11.8. The number of nitrogens with one attached hydrogen (secondary N) is 1. The maximum atomic E-state index is 5.60. The van der Waals surface area contributed by atoms with Crippen LogP contribution >= 0.6 is 33.9 Å². The number of hydrazine groups is 1. The first-order chi connectivity index (χ1) is 7.70. The number of aromatic nitrogens is 2. The predicted molar refractivity (Wildman–Crippen MR) is 74.0 cm³/mol. The van der Waals surface area contributed by atoms with Gasteiger partial charge in [0.2, 0.25) is 0 Å². The topological polar surface area (TPSA) is 55.9 Å². The first-order valence-corrected chi connectivity index (χ1v) is 6.83. The SMILES string of the molecule is Cn1ccnc1CC(NN)c1csc(I)c1. The maximum absolute atomic E-state index is 5.60. The molecule has 0 aromatic carbocycles. The highest BCUT2D eigenvalue weighted by atomic mass is 127. The standard InChI is InChI=1S/C10H13IN4S/c1-15-3-2-13-10(15)5-8(14-12)7-4-9(11)16-6-7/h2-4,6,8,14H,5,12H2,1H3. The van der Waals surface area contributed by atoms with Crippen molar-refractivity contribution in [2.24, 2.45) is 12.9 Å². The Morgan fingerprint density at radius 1 is 1.69 bits per heavy atom. The van der Waals surface area contributed by atoms with E-state index in [1.165, 1.54) is 8.45 Å². The summed E-state index contributed by atoms with van der Waals surface area (Å²) in [4.78, 5) is 4.30. The molecule has 2 aromatic rings. The molecule has 0 aliphatic carbocycles. The lowest BCUT2D eigenvalue weighted by molar-refractivity contribution is 0.531. The summed E-state index contributed by atoms with van der Waals surface area (Å²) in [6.45, 7) is 0. The van der Waals surface area contributed by atoms with Crippen LogP contribution in [0.25, 0.3) is 0 Å². The highest BCUT2D eigenvalue weighted by Crippen LogP contribution is 2.24. The molecule has 0 saturated heterocycles. The highest BCUT2D eigenvalue weighted by Gasteiger charge is 2.14. The molecule has 1 atom stereocenters. The van der Waals surface area contributed by atoms with Crippen LogP contribution in [0.4, 0.5) is 0 Å². The fraction of sp³-hybridized carbons (Fsp3) is 0.300. The molecule has 2 aromatic heterocycles. The third-order valence-electron chi connectivity index (χ3n) is 2.50. The molecule has 3 N–H and O–H groups in total. The summed E-state index contributed by atoms with van der Waals surface area (Å²) in [5.74, 6) is 6.63. The summed E-state index contributed by atoms with van der Waals surface area (Å²) >= 11 is 4.04. The fourth-order valence-corrected chi connectivity index (χ4v) is 2.98. The Morgan fingerprint density at radius 3 is 3.00 bits per heavy atom. The number of halogens is 1. The Labute approximate surface area is 112 Å². The van der Waals surface area contributed by atoms with Crippen LogP contribution in [0.1, 0.15) is 17.4 Å². The Bertz CT molecular complexity index is 465. The van der Waals surface area contributed by atoms with Crippen molar-refractivity contribution >= 4 is 33.9 Å². The second kappa shape index (κ2) is 5.26. The van der Waals surface area contributed by atoms with Gasteiger partial charge in [-0.1, -0.05) is 0 Å². The summed E-state index contributed by atoms with van der Waals surface area (Å²) in [5, 5.41) is 2.13. The van der Waals surface area contributed by atoms with E-state index in [0.717, 1.165) is 12.2 Å². The molecule has 0 saturated carbocycles. The lowest BCUT2D eigenvalue weighted by Gasteiger charge is -2.14. The van der Waals surface area contributed by atoms with E-state index < -0.39 is 0 Å². The average molecular weight is 348 g/mol. The van der Waals surface area contributed by atoms with E-state index in [2.05, 4.69) is 44.4 Å². The van der Waals surface area contributed by atoms with Gasteiger partial charge in [0.1, 0.15) is 5.82 Å². The molecule has 0 aliphatic rings. The molecule has 0 spiro atoms. The van der Waals surface area contributed by atoms with E-state index >= 15 is 0 Å². The van der Waals surface area contributed by atoms with Gasteiger partial charge < -0.3 is 4.57 Å². The van der Waals surface area contributed by atoms with Crippen molar-refractivity contribution in [1.82, 2.24) is 15.0 Å². The quantitative estimate of drug-likeness (QED) is 0.504. The average Bonchev–Trinajstić information content (AvgIpc) is 2.85. The zero-order valence-electron chi connectivity index (χ0n) is 8.85. The van der Waals surface area contributed by atoms with Gasteiger partial charge in [0.25, 0.3) is 0 Å². The molecule has 0 aliphatic heterocycles. The van der Waals surface area contributed by atoms with Crippen molar-refractivity contribution in [3.05, 3.63) is 38.1 Å². The monoisotopic (exact) mass is 348 g/mol. The van der Waals surface area contributed by atoms with Crippen molar-refractivity contribution in [3.63, 3.8) is 0 Å². The van der Waals surface area contributed by atoms with Crippen LogP contribution in [0.5, 0.6) is 0 Å². The number of imidazole rings is 1. The van der Waals surface area contributed by atoms with Crippen molar-refractivity contribution < 1.29 is 0 Å². The summed E-state index contributed by atoms with van der Waals surface area (Å²) < 4.78 is 3.29. The molecular formula is C10H13IN4S. The van der Waals surface area contributed by atoms with E-state index in [-0.39, 0.29) is 6.04 Å². The number of rotatable bonds is 4. The molecule has 0 bridgehead atoms. The molecule has 4 nitrogen and oxygen atoms in total. The second-order valence-electron chi connectivity index (χ2n) is 3.56. The Balaban J connectivity index is 2.15. The molecule has 1 unspecified atom stereocenters. The Kier molecular flexibility index (Phi) is 3.95. The molecule has 2 rings (SSSR count). The van der Waals surface area contributed by atoms with Crippen LogP contribution in [0.3, 0.4) is 0 Å². The zero-order chi connectivity index (χ0) is 11.5. The number of hydrogen-bond donors (Lipinski definition) is 2. The number of thiophene rings is 1. The minimum Gasteiger partial charge on any atom is -0.338 e. The summed E-state index contributed by atoms with van der Waals surface area (Å²) in [6.07, 6.45) is 4.55. The number of hydrogen-bond acceptors (Lipinski definition) is 4. The van der Waals surface area contributed by atoms with E-state index in [0.29, 0.717) is 0 Å². The summed E-state index contributed by atoms with van der Waals surface area (Å²) in [7, 11) is 1.99. The van der Waals surface area contributed by atoms with Crippen LogP contribution in [0.15, 0.2) is 23.8 Å². The first-order valence-electron chi connectivity index (χ1n) is 4.87. The lowest BCUT2D eigenvalue weighted by Crippen LogP contribution is -2.30. The number of nitrogens with two attached hydrogens (primary N) is 1. The molecule has 2 heterocycles. The van der Waals surface area contributed by atoms with Crippen molar-refractivity contribution in [2.45, 2.75) is 12.5 Å². The molecule has 0 fully saturated rings. The van der Waals surface area contributed by atoms with Gasteiger partial charge in [-0.2, -0.15) is 0 Å². The summed E-state index contributed by atoms with van der Waals surface area (Å²) in [6, 6.07) is 2.28. The van der Waals surface area contributed by atoms with E-state index in [4.69, 9.17) is 5.84 Å². The molecular weight excluding hydrogens is 335 g/mol. The minimum atomic E-state index is 0.126. The lowest BCUT2D eigenvalue weighted by atomic mass is 10.1. The maximum Gasteiger partial charge on any atom is 0.110 e. The second-order valence-corrected chi connectivity index (χ2v) is 6.37. The minimum absolute atomic E-state index is 0.126. The van der Waals surface area contributed by atoms with Crippen LogP contribution in [0, 0.1) is 2.88 Å². The van der Waals surface area contributed by atoms with Crippen molar-refractivity contribution in [3.8, 4) is 0 Å². The molecule has 16 heavy (non-hydrogen) atoms. The highest BCUT2D eigenvalue weighted by molar-refractivity contribution is 14.1. The van der Waals surface area contributed by atoms with Gasteiger partial charge in [-0.05, 0) is 39.6 Å². The van der Waals surface area contributed by atoms with Crippen LogP contribution in [0.2, 0.25) is 0 Å². The van der Waals surface area contributed by atoms with Crippen molar-refractivity contribution in [1.29, 1.82) is 0 Å². The molecule has 0 radical (unpaired) electrons. The number of nitrogens with zero attached hydrogens (tertiary/aromatic N) is 2. The molecule has 0 amide bonds. The normalized spacial score (nSPS) is 12.9. The first kappa shape index (κ1) is 12.0. The van der Waals surface area contributed by atoms with Gasteiger partial charge in [-0.3, -0.25) is 11.3 Å². The van der Waals surface area contributed by atoms with Gasteiger partial charge >= 0.3 is 0 Å². The summed E-state index contributed by atoms with van der Waals surface area (Å²) in [5.41, 5.74) is 4.07. The van der Waals surface area contributed by atoms with Gasteiger partial charge in [0.15, 0.2) is 0 Å². The Hall–Kier alpha value is -0.440. The molecule has 6 heteroatoms. The predicted octanol–water partition coefficient (Wildman–Crippen LogP) is 1.83. The third kappa shape index (κ3) is 2.62. The van der Waals surface area contributed by atoms with E-state index in [1.807, 2.05) is 17.8 Å². The van der Waals surface area contributed by atoms with Crippen LogP contribution < -0.4 is 11.3 Å². The molecule has 86 valence electrons. The van der Waals surface area contributed by atoms with Gasteiger partial charge in [0, 0.05) is 25.9 Å². The van der Waals surface area contributed by atoms with E-state index in [9.17, 15) is 0 Å². The number of aryl methyl sites for hydroxylation is 1. The largest absolute Gasteiger partial charge is 0.338 e. The van der Waals surface area contributed by atoms with E-state index in [1.54, 1.807) is 17.5 Å². The van der Waals surface area contributed by atoms with Gasteiger partial charge in [0.05, 0.1) is 8.93 Å². The third-order valence-corrected chi connectivity index (χ3v) is 4.31. The van der Waals surface area contributed by atoms with Gasteiger partial charge in [-0.15, -0.1) is 11.3 Å². The smallest absolute Gasteiger partial charge is 0.110 e. The fourth-order valence-electron chi connectivity index (χ4n) is 1.55. The van der Waals surface area contributed by atoms with Crippen LogP contribution in [-0.2, 0) is 13.5 Å².